The number of fused-ring (bicyclic) bond motifs is 1. The van der Waals surface area contributed by atoms with E-state index in [0.29, 0.717) is 31.1 Å². The van der Waals surface area contributed by atoms with Crippen LogP contribution in [0, 0.1) is 0 Å². The van der Waals surface area contributed by atoms with Gasteiger partial charge in [0, 0.05) is 31.4 Å². The summed E-state index contributed by atoms with van der Waals surface area (Å²) in [5, 5.41) is 2.92. The van der Waals surface area contributed by atoms with E-state index in [-0.39, 0.29) is 11.5 Å². The zero-order valence-electron chi connectivity index (χ0n) is 18.9. The van der Waals surface area contributed by atoms with Crippen LogP contribution >= 0.6 is 0 Å². The van der Waals surface area contributed by atoms with Crippen molar-refractivity contribution in [3.63, 3.8) is 0 Å². The maximum atomic E-state index is 13.2. The number of amides is 1. The molecular formula is C24H26BN7O2. The summed E-state index contributed by atoms with van der Waals surface area (Å²) in [5.74, 6) is -0.352. The van der Waals surface area contributed by atoms with Gasteiger partial charge in [-0.25, -0.2) is 9.97 Å². The molecule has 10 heteroatoms. The molecule has 2 aromatic heterocycles. The molecule has 1 amide bonds. The van der Waals surface area contributed by atoms with Crippen LogP contribution in [0.15, 0.2) is 42.9 Å². The number of nitrogens with two attached hydrogens (primary N) is 1. The molecule has 4 heterocycles. The molecule has 2 radical (unpaired) electrons. The topological polar surface area (TPSA) is 110 Å². The number of hydrogen-bond donors (Lipinski definition) is 2. The lowest BCUT2D eigenvalue weighted by atomic mass is 9.99. The Kier molecular flexibility index (Phi) is 6.42. The fourth-order valence-electron chi connectivity index (χ4n) is 4.39. The highest BCUT2D eigenvalue weighted by Crippen LogP contribution is 2.28. The summed E-state index contributed by atoms with van der Waals surface area (Å²) < 4.78 is 5.44. The molecule has 3 N–H and O–H groups in total. The number of carbonyl (C=O) groups is 1. The fourth-order valence-corrected chi connectivity index (χ4v) is 4.39. The molecule has 0 atom stereocenters. The Labute approximate surface area is 199 Å². The largest absolute Gasteiger partial charge is 0.382 e. The number of hydrogen-bond acceptors (Lipinski definition) is 8. The smallest absolute Gasteiger partial charge is 0.278 e. The van der Waals surface area contributed by atoms with Crippen molar-refractivity contribution in [2.45, 2.75) is 19.4 Å². The average molecular weight is 455 g/mol. The van der Waals surface area contributed by atoms with Crippen molar-refractivity contribution in [1.29, 1.82) is 0 Å². The summed E-state index contributed by atoms with van der Waals surface area (Å²) in [7, 11) is 6.03. The maximum absolute atomic E-state index is 13.2. The third kappa shape index (κ3) is 4.73. The van der Waals surface area contributed by atoms with Gasteiger partial charge in [0.2, 0.25) is 0 Å². The molecule has 1 aromatic carbocycles. The number of aromatic nitrogens is 3. The van der Waals surface area contributed by atoms with Gasteiger partial charge in [-0.3, -0.25) is 9.78 Å². The number of pyridine rings is 1. The average Bonchev–Trinajstić information content (AvgIpc) is 3.05. The first kappa shape index (κ1) is 22.3. The van der Waals surface area contributed by atoms with Crippen LogP contribution in [-0.4, -0.2) is 66.5 Å². The second-order valence-corrected chi connectivity index (χ2v) is 8.49. The van der Waals surface area contributed by atoms with Crippen LogP contribution in [0.5, 0.6) is 0 Å². The molecule has 0 spiro atoms. The van der Waals surface area contributed by atoms with Crippen molar-refractivity contribution < 1.29 is 9.53 Å². The summed E-state index contributed by atoms with van der Waals surface area (Å²) >= 11 is 0. The standard InChI is InChI=1S/C24H26BN7O2/c25-32-7-1-2-16-12-17(3-4-18(16)15-32)19-14-28-23(26)22(29-19)24(33)30-20-13-27-6-5-21(20)31-8-10-34-11-9-31/h3-6,12-14H,1-2,7-11,15H2,(H2,26,28)(H,30,33). The summed E-state index contributed by atoms with van der Waals surface area (Å²) in [4.78, 5) is 30.2. The van der Waals surface area contributed by atoms with Gasteiger partial charge in [-0.15, -0.1) is 0 Å². The highest BCUT2D eigenvalue weighted by molar-refractivity contribution is 6.07. The van der Waals surface area contributed by atoms with Gasteiger partial charge < -0.3 is 25.5 Å². The summed E-state index contributed by atoms with van der Waals surface area (Å²) in [6.45, 7) is 4.33. The quantitative estimate of drug-likeness (QED) is 0.576. The Morgan fingerprint density at radius 1 is 1.12 bits per heavy atom. The molecule has 0 saturated carbocycles. The van der Waals surface area contributed by atoms with E-state index in [9.17, 15) is 4.79 Å². The van der Waals surface area contributed by atoms with Crippen molar-refractivity contribution in [2.24, 2.45) is 0 Å². The number of anilines is 3. The number of benzene rings is 1. The van der Waals surface area contributed by atoms with Gasteiger partial charge in [0.25, 0.3) is 5.91 Å². The zero-order valence-corrected chi connectivity index (χ0v) is 18.9. The van der Waals surface area contributed by atoms with Gasteiger partial charge in [0.15, 0.2) is 19.5 Å². The highest BCUT2D eigenvalue weighted by Gasteiger charge is 2.20. The third-order valence-corrected chi connectivity index (χ3v) is 6.18. The maximum Gasteiger partial charge on any atom is 0.278 e. The van der Waals surface area contributed by atoms with E-state index in [0.717, 1.165) is 43.7 Å². The van der Waals surface area contributed by atoms with Crippen LogP contribution in [0.2, 0.25) is 0 Å². The summed E-state index contributed by atoms with van der Waals surface area (Å²) in [5.41, 5.74) is 11.5. The van der Waals surface area contributed by atoms with Crippen LogP contribution in [0.3, 0.4) is 0 Å². The van der Waals surface area contributed by atoms with Crippen molar-refractivity contribution in [1.82, 2.24) is 19.8 Å². The van der Waals surface area contributed by atoms with E-state index in [4.69, 9.17) is 18.5 Å². The van der Waals surface area contributed by atoms with E-state index < -0.39 is 5.91 Å². The number of carbonyl (C=O) groups excluding carboxylic acids is 1. The number of nitrogens with zero attached hydrogens (tertiary/aromatic N) is 5. The molecule has 1 saturated heterocycles. The van der Waals surface area contributed by atoms with Crippen LogP contribution in [0.25, 0.3) is 11.3 Å². The van der Waals surface area contributed by atoms with Gasteiger partial charge in [0.1, 0.15) is 0 Å². The number of nitrogens with one attached hydrogen (secondary N) is 1. The molecule has 2 aliphatic heterocycles. The number of ether oxygens (including phenoxy) is 1. The molecule has 34 heavy (non-hydrogen) atoms. The van der Waals surface area contributed by atoms with E-state index in [1.54, 1.807) is 18.6 Å². The predicted molar refractivity (Wildman–Crippen MR) is 132 cm³/mol. The lowest BCUT2D eigenvalue weighted by Gasteiger charge is -2.30. The molecule has 0 unspecified atom stereocenters. The Bertz CT molecular complexity index is 1200. The molecule has 1 fully saturated rings. The first-order valence-electron chi connectivity index (χ1n) is 11.4. The monoisotopic (exact) mass is 455 g/mol. The fraction of sp³-hybridized carbons (Fsp3) is 0.333. The number of nitrogen functional groups attached to an aromatic ring is 1. The second kappa shape index (κ2) is 9.78. The molecule has 0 aliphatic carbocycles. The Balaban J connectivity index is 1.41. The van der Waals surface area contributed by atoms with Crippen molar-refractivity contribution in [3.05, 3.63) is 59.7 Å². The van der Waals surface area contributed by atoms with Gasteiger partial charge in [-0.05, 0) is 42.6 Å². The van der Waals surface area contributed by atoms with Crippen LogP contribution in [0.1, 0.15) is 28.0 Å². The minimum Gasteiger partial charge on any atom is -0.382 e. The lowest BCUT2D eigenvalue weighted by Crippen LogP contribution is -2.36. The minimum atomic E-state index is -0.428. The Morgan fingerprint density at radius 3 is 2.82 bits per heavy atom. The lowest BCUT2D eigenvalue weighted by molar-refractivity contribution is 0.102. The Hall–Kier alpha value is -3.50. The van der Waals surface area contributed by atoms with Crippen LogP contribution in [-0.2, 0) is 17.7 Å². The van der Waals surface area contributed by atoms with E-state index >= 15 is 0 Å². The Morgan fingerprint density at radius 2 is 1.97 bits per heavy atom. The van der Waals surface area contributed by atoms with E-state index in [1.807, 2.05) is 16.9 Å². The van der Waals surface area contributed by atoms with Crippen molar-refractivity contribution >= 4 is 31.1 Å². The number of aryl methyl sites for hydroxylation is 1. The molecule has 0 bridgehead atoms. The van der Waals surface area contributed by atoms with Crippen molar-refractivity contribution in [3.8, 4) is 11.3 Å². The first-order valence-corrected chi connectivity index (χ1v) is 11.4. The normalized spacial score (nSPS) is 16.5. The molecule has 9 nitrogen and oxygen atoms in total. The summed E-state index contributed by atoms with van der Waals surface area (Å²) in [6, 6.07) is 8.04. The van der Waals surface area contributed by atoms with Crippen molar-refractivity contribution in [2.75, 3.05) is 48.8 Å². The molecule has 3 aromatic rings. The third-order valence-electron chi connectivity index (χ3n) is 6.18. The van der Waals surface area contributed by atoms with Gasteiger partial charge in [0.05, 0.1) is 42.7 Å². The molecule has 2 aliphatic rings. The first-order chi connectivity index (χ1) is 16.6. The second-order valence-electron chi connectivity index (χ2n) is 8.49. The molecular weight excluding hydrogens is 429 g/mol. The van der Waals surface area contributed by atoms with Crippen LogP contribution < -0.4 is 16.0 Å². The van der Waals surface area contributed by atoms with Crippen LogP contribution in [0.4, 0.5) is 17.2 Å². The van der Waals surface area contributed by atoms with Gasteiger partial charge in [-0.1, -0.05) is 12.1 Å². The summed E-state index contributed by atoms with van der Waals surface area (Å²) in [6.07, 6.45) is 6.87. The van der Waals surface area contributed by atoms with Gasteiger partial charge in [-0.2, -0.15) is 0 Å². The van der Waals surface area contributed by atoms with Gasteiger partial charge >= 0.3 is 0 Å². The number of morpholine rings is 1. The minimum absolute atomic E-state index is 0.0756. The van der Waals surface area contributed by atoms with E-state index in [1.165, 1.54) is 11.1 Å². The highest BCUT2D eigenvalue weighted by atomic mass is 16.5. The zero-order chi connectivity index (χ0) is 23.5. The predicted octanol–water partition coefficient (Wildman–Crippen LogP) is 2.04. The number of rotatable bonds is 4. The van der Waals surface area contributed by atoms with E-state index in [2.05, 4.69) is 37.3 Å². The molecule has 5 rings (SSSR count). The molecule has 172 valence electrons. The SMILES string of the molecule is [B]N1CCCc2cc(-c3cnc(N)c(C(=O)Nc4cnccc4N4CCOCC4)n3)ccc2C1.